The molecule has 1 heterocycles. The van der Waals surface area contributed by atoms with Gasteiger partial charge in [0.1, 0.15) is 11.5 Å². The summed E-state index contributed by atoms with van der Waals surface area (Å²) in [5.74, 6) is 2.58. The first-order valence-corrected chi connectivity index (χ1v) is 6.68. The number of nitrogens with one attached hydrogen (secondary N) is 1. The lowest BCUT2D eigenvalue weighted by Crippen LogP contribution is -2.13. The van der Waals surface area contributed by atoms with E-state index >= 15 is 0 Å². The van der Waals surface area contributed by atoms with E-state index in [1.807, 2.05) is 25.1 Å². The lowest BCUT2D eigenvalue weighted by atomic mass is 10.2. The Labute approximate surface area is 113 Å². The van der Waals surface area contributed by atoms with Crippen molar-refractivity contribution in [3.8, 4) is 5.75 Å². The van der Waals surface area contributed by atoms with Gasteiger partial charge in [0.15, 0.2) is 0 Å². The van der Waals surface area contributed by atoms with Gasteiger partial charge in [-0.25, -0.2) is 4.98 Å². The molecule has 0 aliphatic rings. The van der Waals surface area contributed by atoms with E-state index in [0.29, 0.717) is 13.2 Å². The van der Waals surface area contributed by atoms with Crippen molar-refractivity contribution in [2.75, 3.05) is 6.61 Å². The van der Waals surface area contributed by atoms with Gasteiger partial charge in [0.2, 0.25) is 5.89 Å². The van der Waals surface area contributed by atoms with Gasteiger partial charge in [0.05, 0.1) is 19.3 Å². The number of nitrogens with zero attached hydrogens (tertiary/aromatic N) is 1. The average Bonchev–Trinajstić information content (AvgIpc) is 2.89. The van der Waals surface area contributed by atoms with Crippen molar-refractivity contribution < 1.29 is 9.15 Å². The van der Waals surface area contributed by atoms with Crippen molar-refractivity contribution in [2.45, 2.75) is 33.4 Å². The molecule has 2 aromatic rings. The van der Waals surface area contributed by atoms with E-state index in [4.69, 9.17) is 9.15 Å². The molecule has 1 aromatic heterocycles. The van der Waals surface area contributed by atoms with E-state index in [9.17, 15) is 0 Å². The molecule has 102 valence electrons. The number of aryl methyl sites for hydroxylation is 1. The van der Waals surface area contributed by atoms with Crippen LogP contribution in [-0.2, 0) is 19.5 Å². The maximum absolute atomic E-state index is 5.58. The van der Waals surface area contributed by atoms with Crippen LogP contribution in [0, 0.1) is 0 Å². The van der Waals surface area contributed by atoms with Crippen LogP contribution in [0.25, 0.3) is 0 Å². The van der Waals surface area contributed by atoms with Gasteiger partial charge in [-0.3, -0.25) is 0 Å². The van der Waals surface area contributed by atoms with Crippen molar-refractivity contribution in [1.82, 2.24) is 10.3 Å². The molecule has 0 amide bonds. The number of benzene rings is 1. The summed E-state index contributed by atoms with van der Waals surface area (Å²) in [5, 5.41) is 3.32. The van der Waals surface area contributed by atoms with E-state index in [1.165, 1.54) is 0 Å². The minimum absolute atomic E-state index is 0.625. The molecule has 0 radical (unpaired) electrons. The fourth-order valence-electron chi connectivity index (χ4n) is 1.84. The first-order chi connectivity index (χ1) is 9.33. The van der Waals surface area contributed by atoms with E-state index in [0.717, 1.165) is 35.9 Å². The Morgan fingerprint density at radius 3 is 2.79 bits per heavy atom. The predicted molar refractivity (Wildman–Crippen MR) is 74.0 cm³/mol. The third kappa shape index (κ3) is 3.83. The Bertz CT molecular complexity index is 508. The fraction of sp³-hybridized carbons (Fsp3) is 0.400. The Balaban J connectivity index is 1.88. The van der Waals surface area contributed by atoms with Gasteiger partial charge in [0, 0.05) is 18.5 Å². The van der Waals surface area contributed by atoms with E-state index in [-0.39, 0.29) is 0 Å². The second-order valence-electron chi connectivity index (χ2n) is 4.22. The molecule has 4 heteroatoms. The van der Waals surface area contributed by atoms with Crippen LogP contribution < -0.4 is 10.1 Å². The zero-order valence-corrected chi connectivity index (χ0v) is 11.5. The summed E-state index contributed by atoms with van der Waals surface area (Å²) in [6, 6.07) is 8.04. The normalized spacial score (nSPS) is 10.6. The summed E-state index contributed by atoms with van der Waals surface area (Å²) < 4.78 is 11.1. The lowest BCUT2D eigenvalue weighted by molar-refractivity contribution is 0.335. The lowest BCUT2D eigenvalue weighted by Gasteiger charge is -2.10. The Hall–Kier alpha value is -1.81. The summed E-state index contributed by atoms with van der Waals surface area (Å²) in [6.45, 7) is 6.08. The van der Waals surface area contributed by atoms with Crippen LogP contribution >= 0.6 is 0 Å². The van der Waals surface area contributed by atoms with Crippen molar-refractivity contribution in [3.05, 3.63) is 47.7 Å². The van der Waals surface area contributed by atoms with Gasteiger partial charge < -0.3 is 14.5 Å². The highest BCUT2D eigenvalue weighted by Gasteiger charge is 2.04. The van der Waals surface area contributed by atoms with Crippen LogP contribution in [0.15, 0.2) is 34.9 Å². The van der Waals surface area contributed by atoms with Crippen LogP contribution in [0.3, 0.4) is 0 Å². The molecular formula is C15H20N2O2. The molecule has 0 spiro atoms. The molecule has 0 unspecified atom stereocenters. The van der Waals surface area contributed by atoms with Crippen molar-refractivity contribution >= 4 is 0 Å². The third-order valence-electron chi connectivity index (χ3n) is 2.81. The minimum Gasteiger partial charge on any atom is -0.494 e. The Morgan fingerprint density at radius 2 is 2.05 bits per heavy atom. The maximum Gasteiger partial charge on any atom is 0.208 e. The molecule has 19 heavy (non-hydrogen) atoms. The van der Waals surface area contributed by atoms with Crippen LogP contribution in [0.4, 0.5) is 0 Å². The van der Waals surface area contributed by atoms with Gasteiger partial charge in [-0.2, -0.15) is 0 Å². The summed E-state index contributed by atoms with van der Waals surface area (Å²) in [7, 11) is 0. The fourth-order valence-corrected chi connectivity index (χ4v) is 1.84. The molecule has 0 bridgehead atoms. The number of aromatic nitrogens is 1. The summed E-state index contributed by atoms with van der Waals surface area (Å²) >= 11 is 0. The van der Waals surface area contributed by atoms with E-state index < -0.39 is 0 Å². The molecule has 0 saturated heterocycles. The third-order valence-corrected chi connectivity index (χ3v) is 2.81. The molecule has 0 aliphatic heterocycles. The van der Waals surface area contributed by atoms with Gasteiger partial charge in [-0.1, -0.05) is 25.1 Å². The number of ether oxygens (including phenoxy) is 1. The first-order valence-electron chi connectivity index (χ1n) is 6.68. The monoisotopic (exact) mass is 260 g/mol. The van der Waals surface area contributed by atoms with Crippen LogP contribution in [-0.4, -0.2) is 11.6 Å². The quantitative estimate of drug-likeness (QED) is 0.831. The van der Waals surface area contributed by atoms with Crippen LogP contribution in [0.2, 0.25) is 0 Å². The van der Waals surface area contributed by atoms with Crippen molar-refractivity contribution in [2.24, 2.45) is 0 Å². The molecule has 2 rings (SSSR count). The van der Waals surface area contributed by atoms with Crippen LogP contribution in [0.1, 0.15) is 31.1 Å². The minimum atomic E-state index is 0.625. The van der Waals surface area contributed by atoms with Crippen molar-refractivity contribution in [1.29, 1.82) is 0 Å². The number of para-hydroxylation sites is 1. The second-order valence-corrected chi connectivity index (χ2v) is 4.22. The Kier molecular flexibility index (Phi) is 4.98. The van der Waals surface area contributed by atoms with E-state index in [1.54, 1.807) is 6.20 Å². The molecule has 1 aromatic carbocycles. The number of hydrogen-bond acceptors (Lipinski definition) is 4. The highest BCUT2D eigenvalue weighted by Crippen LogP contribution is 2.17. The summed E-state index contributed by atoms with van der Waals surface area (Å²) in [5.41, 5.74) is 1.15. The SMILES string of the molecule is CCOc1ccccc1CNCc1ncc(CC)o1. The molecule has 4 nitrogen and oxygen atoms in total. The standard InChI is InChI=1S/C15H20N2O2/c1-3-13-10-17-15(19-13)11-16-9-12-7-5-6-8-14(12)18-4-2/h5-8,10,16H,3-4,9,11H2,1-2H3. The predicted octanol–water partition coefficient (Wildman–Crippen LogP) is 2.93. The maximum atomic E-state index is 5.58. The largest absolute Gasteiger partial charge is 0.494 e. The smallest absolute Gasteiger partial charge is 0.208 e. The summed E-state index contributed by atoms with van der Waals surface area (Å²) in [4.78, 5) is 4.22. The zero-order chi connectivity index (χ0) is 13.5. The zero-order valence-electron chi connectivity index (χ0n) is 11.5. The van der Waals surface area contributed by atoms with Crippen molar-refractivity contribution in [3.63, 3.8) is 0 Å². The number of rotatable bonds is 7. The van der Waals surface area contributed by atoms with Gasteiger partial charge >= 0.3 is 0 Å². The highest BCUT2D eigenvalue weighted by molar-refractivity contribution is 5.33. The van der Waals surface area contributed by atoms with Gasteiger partial charge in [0.25, 0.3) is 0 Å². The Morgan fingerprint density at radius 1 is 1.21 bits per heavy atom. The highest BCUT2D eigenvalue weighted by atomic mass is 16.5. The topological polar surface area (TPSA) is 47.3 Å². The molecular weight excluding hydrogens is 240 g/mol. The van der Waals surface area contributed by atoms with Gasteiger partial charge in [-0.05, 0) is 13.0 Å². The molecule has 0 atom stereocenters. The molecule has 1 N–H and O–H groups in total. The van der Waals surface area contributed by atoms with E-state index in [2.05, 4.69) is 23.3 Å². The number of oxazole rings is 1. The average molecular weight is 260 g/mol. The molecule has 0 saturated carbocycles. The first kappa shape index (κ1) is 13.6. The second kappa shape index (κ2) is 6.95. The van der Waals surface area contributed by atoms with Gasteiger partial charge in [-0.15, -0.1) is 0 Å². The molecule has 0 aliphatic carbocycles. The van der Waals surface area contributed by atoms with Crippen LogP contribution in [0.5, 0.6) is 5.75 Å². The number of hydrogen-bond donors (Lipinski definition) is 1. The summed E-state index contributed by atoms with van der Waals surface area (Å²) in [6.07, 6.45) is 2.66. The molecule has 0 fully saturated rings.